The molecule has 0 aromatic rings. The van der Waals surface area contributed by atoms with E-state index in [2.05, 4.69) is 19.2 Å². The first kappa shape index (κ1) is 71.6. The number of esters is 1. The van der Waals surface area contributed by atoms with Crippen LogP contribution in [0.2, 0.25) is 0 Å². The van der Waals surface area contributed by atoms with Crippen molar-refractivity contribution in [1.29, 1.82) is 0 Å². The topological polar surface area (TPSA) is 95.9 Å². The Morgan fingerprint density at radius 1 is 0.370 bits per heavy atom. The molecule has 3 N–H and O–H groups in total. The number of nitrogens with one attached hydrogen (secondary N) is 1. The highest BCUT2D eigenvalue weighted by Crippen LogP contribution is 2.19. The van der Waals surface area contributed by atoms with E-state index < -0.39 is 12.1 Å². The Labute approximate surface area is 457 Å². The predicted molar refractivity (Wildman–Crippen MR) is 320 cm³/mol. The average Bonchev–Trinajstić information content (AvgIpc) is 3.39. The van der Waals surface area contributed by atoms with Gasteiger partial charge in [-0.25, -0.2) is 0 Å². The largest absolute Gasteiger partial charge is 0.466 e. The molecule has 73 heavy (non-hydrogen) atoms. The number of rotatable bonds is 63. The standard InChI is InChI=1S/C67H131NO5/c1-3-5-7-9-11-13-15-17-19-21-25-28-31-35-39-43-47-51-55-59-65(70)64(63-69)68-66(71)60-56-52-48-44-40-36-32-29-26-23-22-24-27-30-34-38-42-46-50-54-58-62-73-67(72)61-57-53-49-45-41-37-33-20-18-16-14-12-10-8-6-4-2/h55,59,64-65,69-70H,3-54,56-58,60-63H2,1-2H3,(H,68,71)/b59-55+. The number of amides is 1. The van der Waals surface area contributed by atoms with Gasteiger partial charge in [-0.15, -0.1) is 0 Å². The molecule has 0 heterocycles. The van der Waals surface area contributed by atoms with Gasteiger partial charge < -0.3 is 20.3 Å². The van der Waals surface area contributed by atoms with Crippen LogP contribution in [-0.4, -0.2) is 47.4 Å². The van der Waals surface area contributed by atoms with Crippen molar-refractivity contribution in [3.8, 4) is 0 Å². The van der Waals surface area contributed by atoms with Crippen LogP contribution in [0.15, 0.2) is 12.2 Å². The molecule has 6 nitrogen and oxygen atoms in total. The van der Waals surface area contributed by atoms with Gasteiger partial charge in [0.2, 0.25) is 5.91 Å². The number of unbranched alkanes of at least 4 members (excludes halogenated alkanes) is 52. The number of carbonyl (C=O) groups is 2. The summed E-state index contributed by atoms with van der Waals surface area (Å²) in [6, 6.07) is -0.628. The van der Waals surface area contributed by atoms with E-state index in [-0.39, 0.29) is 18.5 Å². The van der Waals surface area contributed by atoms with Gasteiger partial charge in [0.25, 0.3) is 0 Å². The first-order chi connectivity index (χ1) is 36.0. The van der Waals surface area contributed by atoms with Crippen molar-refractivity contribution in [3.63, 3.8) is 0 Å². The van der Waals surface area contributed by atoms with Crippen LogP contribution in [0.1, 0.15) is 380 Å². The average molecular weight is 1030 g/mol. The fraction of sp³-hybridized carbons (Fsp3) is 0.940. The van der Waals surface area contributed by atoms with Crippen molar-refractivity contribution in [2.24, 2.45) is 0 Å². The zero-order valence-corrected chi connectivity index (χ0v) is 49.6. The summed E-state index contributed by atoms with van der Waals surface area (Å²) >= 11 is 0. The molecule has 2 atom stereocenters. The van der Waals surface area contributed by atoms with Gasteiger partial charge in [0, 0.05) is 12.8 Å². The Morgan fingerprint density at radius 3 is 0.932 bits per heavy atom. The van der Waals surface area contributed by atoms with Gasteiger partial charge in [-0.2, -0.15) is 0 Å². The molecule has 0 radical (unpaired) electrons. The molecule has 434 valence electrons. The normalized spacial score (nSPS) is 12.5. The number of carbonyl (C=O) groups excluding carboxylic acids is 2. The van der Waals surface area contributed by atoms with Crippen LogP contribution in [0, 0.1) is 0 Å². The van der Waals surface area contributed by atoms with Crippen LogP contribution in [-0.2, 0) is 14.3 Å². The molecule has 2 unspecified atom stereocenters. The lowest BCUT2D eigenvalue weighted by Gasteiger charge is -2.20. The van der Waals surface area contributed by atoms with Crippen LogP contribution in [0.5, 0.6) is 0 Å². The number of aliphatic hydroxyl groups is 2. The third kappa shape index (κ3) is 59.7. The quantitative estimate of drug-likeness (QED) is 0.0320. The second-order valence-electron chi connectivity index (χ2n) is 23.2. The molecule has 0 bridgehead atoms. The SMILES string of the molecule is CCCCCCCCCCCCCCCCCCC/C=C/C(O)C(CO)NC(=O)CCCCCCCCCCCCCCCCCCCCCCCOC(=O)CCCCCCCCCCCCCCCCCC. The maximum atomic E-state index is 12.5. The second kappa shape index (κ2) is 63.1. The van der Waals surface area contributed by atoms with E-state index in [4.69, 9.17) is 4.74 Å². The number of hydrogen-bond acceptors (Lipinski definition) is 5. The molecule has 6 heteroatoms. The van der Waals surface area contributed by atoms with Crippen LogP contribution >= 0.6 is 0 Å². The van der Waals surface area contributed by atoms with E-state index in [1.165, 1.54) is 315 Å². The first-order valence-electron chi connectivity index (χ1n) is 33.5. The van der Waals surface area contributed by atoms with Gasteiger partial charge in [0.05, 0.1) is 25.4 Å². The van der Waals surface area contributed by atoms with Crippen LogP contribution in [0.25, 0.3) is 0 Å². The fourth-order valence-corrected chi connectivity index (χ4v) is 10.7. The number of allylic oxidation sites excluding steroid dienone is 1. The van der Waals surface area contributed by atoms with Gasteiger partial charge in [-0.05, 0) is 32.1 Å². The van der Waals surface area contributed by atoms with Crippen molar-refractivity contribution >= 4 is 11.9 Å². The molecule has 0 aliphatic carbocycles. The Balaban J connectivity index is 3.39. The summed E-state index contributed by atoms with van der Waals surface area (Å²) in [4.78, 5) is 24.6. The summed E-state index contributed by atoms with van der Waals surface area (Å²) in [5.74, 6) is -0.0491. The minimum atomic E-state index is -0.845. The van der Waals surface area contributed by atoms with Crippen molar-refractivity contribution < 1.29 is 24.5 Å². The zero-order valence-electron chi connectivity index (χ0n) is 49.6. The summed E-state index contributed by atoms with van der Waals surface area (Å²) in [7, 11) is 0. The third-order valence-electron chi connectivity index (χ3n) is 15.8. The smallest absolute Gasteiger partial charge is 0.305 e. The van der Waals surface area contributed by atoms with E-state index in [0.717, 1.165) is 38.5 Å². The van der Waals surface area contributed by atoms with Crippen LogP contribution in [0.4, 0.5) is 0 Å². The molecular formula is C67H131NO5. The minimum absolute atomic E-state index is 0.0159. The second-order valence-corrected chi connectivity index (χ2v) is 23.2. The number of aliphatic hydroxyl groups excluding tert-OH is 2. The highest BCUT2D eigenvalue weighted by atomic mass is 16.5. The Kier molecular flexibility index (Phi) is 61.9. The van der Waals surface area contributed by atoms with Crippen molar-refractivity contribution in [1.82, 2.24) is 5.32 Å². The van der Waals surface area contributed by atoms with E-state index >= 15 is 0 Å². The maximum absolute atomic E-state index is 12.5. The monoisotopic (exact) mass is 1030 g/mol. The Hall–Kier alpha value is -1.40. The van der Waals surface area contributed by atoms with Gasteiger partial charge in [0.1, 0.15) is 0 Å². The number of hydrogen-bond donors (Lipinski definition) is 3. The highest BCUT2D eigenvalue weighted by Gasteiger charge is 2.18. The Bertz CT molecular complexity index is 1100. The fourth-order valence-electron chi connectivity index (χ4n) is 10.7. The third-order valence-corrected chi connectivity index (χ3v) is 15.8. The van der Waals surface area contributed by atoms with Gasteiger partial charge >= 0.3 is 5.97 Å². The molecule has 0 aliphatic rings. The van der Waals surface area contributed by atoms with Gasteiger partial charge in [-0.3, -0.25) is 9.59 Å². The summed E-state index contributed by atoms with van der Waals surface area (Å²) in [6.45, 7) is 4.94. The lowest BCUT2D eigenvalue weighted by molar-refractivity contribution is -0.143. The molecule has 0 rings (SSSR count). The van der Waals surface area contributed by atoms with Crippen molar-refractivity contribution in [2.45, 2.75) is 392 Å². The van der Waals surface area contributed by atoms with Gasteiger partial charge in [-0.1, -0.05) is 347 Å². The van der Waals surface area contributed by atoms with Crippen molar-refractivity contribution in [2.75, 3.05) is 13.2 Å². The summed E-state index contributed by atoms with van der Waals surface area (Å²) in [5, 5.41) is 23.2. The van der Waals surface area contributed by atoms with Crippen molar-refractivity contribution in [3.05, 3.63) is 12.2 Å². The van der Waals surface area contributed by atoms with Crippen LogP contribution in [0.3, 0.4) is 0 Å². The van der Waals surface area contributed by atoms with Gasteiger partial charge in [0.15, 0.2) is 0 Å². The zero-order chi connectivity index (χ0) is 52.9. The lowest BCUT2D eigenvalue weighted by atomic mass is 10.0. The molecule has 0 aliphatic heterocycles. The first-order valence-corrected chi connectivity index (χ1v) is 33.5. The van der Waals surface area contributed by atoms with E-state index in [1.807, 2.05) is 6.08 Å². The minimum Gasteiger partial charge on any atom is -0.466 e. The molecule has 0 spiro atoms. The van der Waals surface area contributed by atoms with E-state index in [0.29, 0.717) is 19.4 Å². The summed E-state index contributed by atoms with van der Waals surface area (Å²) in [5.41, 5.74) is 0. The van der Waals surface area contributed by atoms with E-state index in [1.54, 1.807) is 6.08 Å². The van der Waals surface area contributed by atoms with E-state index in [9.17, 15) is 19.8 Å². The molecule has 1 amide bonds. The molecule has 0 saturated heterocycles. The van der Waals surface area contributed by atoms with Crippen LogP contribution < -0.4 is 5.32 Å². The summed E-state index contributed by atoms with van der Waals surface area (Å²) < 4.78 is 5.50. The molecule has 0 aromatic heterocycles. The molecule has 0 aromatic carbocycles. The lowest BCUT2D eigenvalue weighted by Crippen LogP contribution is -2.45. The molecule has 0 saturated carbocycles. The number of ether oxygens (including phenoxy) is 1. The highest BCUT2D eigenvalue weighted by molar-refractivity contribution is 5.76. The molecule has 0 fully saturated rings. The summed E-state index contributed by atoms with van der Waals surface area (Å²) in [6.07, 6.45) is 76.9. The predicted octanol–water partition coefficient (Wildman–Crippen LogP) is 21.2. The molecular weight excluding hydrogens is 899 g/mol. The Morgan fingerprint density at radius 2 is 0.630 bits per heavy atom. The maximum Gasteiger partial charge on any atom is 0.305 e.